The molecule has 0 fully saturated rings. The van der Waals surface area contributed by atoms with E-state index >= 15 is 0 Å². The van der Waals surface area contributed by atoms with E-state index in [1.807, 2.05) is 31.2 Å². The van der Waals surface area contributed by atoms with Crippen molar-refractivity contribution in [1.82, 2.24) is 0 Å². The number of hydrogen-bond acceptors (Lipinski definition) is 2. The van der Waals surface area contributed by atoms with E-state index < -0.39 is 0 Å². The van der Waals surface area contributed by atoms with Gasteiger partial charge in [0.15, 0.2) is 0 Å². The number of rotatable bonds is 6. The Morgan fingerprint density at radius 1 is 1.19 bits per heavy atom. The molecule has 0 heterocycles. The van der Waals surface area contributed by atoms with Crippen LogP contribution in [0.1, 0.15) is 31.2 Å². The van der Waals surface area contributed by atoms with Crippen molar-refractivity contribution in [2.75, 3.05) is 11.9 Å². The molecule has 16 heavy (non-hydrogen) atoms. The van der Waals surface area contributed by atoms with Crippen molar-refractivity contribution in [2.45, 2.75) is 32.6 Å². The van der Waals surface area contributed by atoms with Gasteiger partial charge in [0.1, 0.15) is 0 Å². The maximum Gasteiger partial charge on any atom is 0.224 e. The van der Waals surface area contributed by atoms with E-state index in [2.05, 4.69) is 5.32 Å². The van der Waals surface area contributed by atoms with Crippen LogP contribution in [0.25, 0.3) is 0 Å². The number of unbranched alkanes of at least 4 members (excludes halogenated alkanes) is 2. The van der Waals surface area contributed by atoms with Crippen molar-refractivity contribution < 1.29 is 4.79 Å². The highest BCUT2D eigenvalue weighted by molar-refractivity contribution is 5.90. The Morgan fingerprint density at radius 2 is 1.88 bits per heavy atom. The normalized spacial score (nSPS) is 10.1. The minimum atomic E-state index is 0.0841. The Kier molecular flexibility index (Phi) is 5.57. The third-order valence-corrected chi connectivity index (χ3v) is 2.44. The molecule has 1 aromatic rings. The highest BCUT2D eigenvalue weighted by Gasteiger charge is 2.01. The lowest BCUT2D eigenvalue weighted by Crippen LogP contribution is -2.11. The quantitative estimate of drug-likeness (QED) is 0.723. The molecule has 3 nitrogen and oxygen atoms in total. The van der Waals surface area contributed by atoms with Gasteiger partial charge in [-0.2, -0.15) is 0 Å². The van der Waals surface area contributed by atoms with Crippen LogP contribution in [-0.4, -0.2) is 12.5 Å². The van der Waals surface area contributed by atoms with Gasteiger partial charge in [-0.1, -0.05) is 24.1 Å². The molecule has 0 bridgehead atoms. The molecule has 0 aliphatic carbocycles. The second-order valence-corrected chi connectivity index (χ2v) is 4.01. The predicted molar refractivity (Wildman–Crippen MR) is 67.3 cm³/mol. The van der Waals surface area contributed by atoms with Crippen LogP contribution in [0.3, 0.4) is 0 Å². The average molecular weight is 220 g/mol. The lowest BCUT2D eigenvalue weighted by Gasteiger charge is -2.05. The Morgan fingerprint density at radius 3 is 2.50 bits per heavy atom. The number of carbonyl (C=O) groups is 1. The third-order valence-electron chi connectivity index (χ3n) is 2.44. The van der Waals surface area contributed by atoms with E-state index in [1.165, 1.54) is 5.56 Å². The summed E-state index contributed by atoms with van der Waals surface area (Å²) < 4.78 is 0. The summed E-state index contributed by atoms with van der Waals surface area (Å²) in [5.41, 5.74) is 7.45. The molecular weight excluding hydrogens is 200 g/mol. The zero-order valence-corrected chi connectivity index (χ0v) is 9.83. The average Bonchev–Trinajstić information content (AvgIpc) is 2.28. The number of amides is 1. The molecule has 0 saturated carbocycles. The number of nitrogens with one attached hydrogen (secondary N) is 1. The van der Waals surface area contributed by atoms with Crippen LogP contribution in [0.4, 0.5) is 5.69 Å². The Hall–Kier alpha value is -1.35. The summed E-state index contributed by atoms with van der Waals surface area (Å²) >= 11 is 0. The fourth-order valence-electron chi connectivity index (χ4n) is 1.47. The maximum atomic E-state index is 11.5. The van der Waals surface area contributed by atoms with Gasteiger partial charge in [0.05, 0.1) is 0 Å². The highest BCUT2D eigenvalue weighted by atomic mass is 16.1. The molecule has 1 amide bonds. The molecule has 0 spiro atoms. The van der Waals surface area contributed by atoms with Gasteiger partial charge in [-0.05, 0) is 38.4 Å². The summed E-state index contributed by atoms with van der Waals surface area (Å²) in [4.78, 5) is 11.5. The number of aryl methyl sites for hydroxylation is 1. The van der Waals surface area contributed by atoms with Gasteiger partial charge >= 0.3 is 0 Å². The monoisotopic (exact) mass is 220 g/mol. The Bertz CT molecular complexity index is 319. The summed E-state index contributed by atoms with van der Waals surface area (Å²) in [5, 5.41) is 2.88. The molecule has 0 aliphatic rings. The van der Waals surface area contributed by atoms with Crippen molar-refractivity contribution in [3.05, 3.63) is 29.8 Å². The van der Waals surface area contributed by atoms with E-state index in [9.17, 15) is 4.79 Å². The molecule has 1 aromatic carbocycles. The molecule has 0 unspecified atom stereocenters. The first kappa shape index (κ1) is 12.7. The van der Waals surface area contributed by atoms with Crippen molar-refractivity contribution in [2.24, 2.45) is 5.73 Å². The van der Waals surface area contributed by atoms with Gasteiger partial charge in [-0.3, -0.25) is 4.79 Å². The largest absolute Gasteiger partial charge is 0.330 e. The van der Waals surface area contributed by atoms with Crippen LogP contribution in [0.15, 0.2) is 24.3 Å². The summed E-state index contributed by atoms with van der Waals surface area (Å²) in [6, 6.07) is 7.83. The van der Waals surface area contributed by atoms with E-state index in [4.69, 9.17) is 5.73 Å². The van der Waals surface area contributed by atoms with Crippen LogP contribution >= 0.6 is 0 Å². The van der Waals surface area contributed by atoms with E-state index in [-0.39, 0.29) is 5.91 Å². The van der Waals surface area contributed by atoms with Crippen molar-refractivity contribution in [1.29, 1.82) is 0 Å². The SMILES string of the molecule is Cc1ccc(NC(=O)CCCCCN)cc1. The fourth-order valence-corrected chi connectivity index (χ4v) is 1.47. The van der Waals surface area contributed by atoms with Gasteiger partial charge in [0.25, 0.3) is 0 Å². The van der Waals surface area contributed by atoms with Crippen molar-refractivity contribution in [3.8, 4) is 0 Å². The number of anilines is 1. The second-order valence-electron chi connectivity index (χ2n) is 4.01. The zero-order valence-electron chi connectivity index (χ0n) is 9.83. The molecule has 0 saturated heterocycles. The molecule has 0 aliphatic heterocycles. The standard InChI is InChI=1S/C13H20N2O/c1-11-6-8-12(9-7-11)15-13(16)5-3-2-4-10-14/h6-9H,2-5,10,14H2,1H3,(H,15,16). The highest BCUT2D eigenvalue weighted by Crippen LogP contribution is 2.09. The van der Waals surface area contributed by atoms with Gasteiger partial charge in [0.2, 0.25) is 5.91 Å². The van der Waals surface area contributed by atoms with Gasteiger partial charge < -0.3 is 11.1 Å². The molecule has 3 heteroatoms. The predicted octanol–water partition coefficient (Wildman–Crippen LogP) is 2.45. The van der Waals surface area contributed by atoms with Crippen molar-refractivity contribution in [3.63, 3.8) is 0 Å². The Labute approximate surface area is 97.0 Å². The lowest BCUT2D eigenvalue weighted by molar-refractivity contribution is -0.116. The van der Waals surface area contributed by atoms with E-state index in [1.54, 1.807) is 0 Å². The molecule has 1 rings (SSSR count). The molecule has 3 N–H and O–H groups in total. The van der Waals surface area contributed by atoms with Crippen LogP contribution in [0.2, 0.25) is 0 Å². The Balaban J connectivity index is 2.26. The summed E-state index contributed by atoms with van der Waals surface area (Å²) in [6.45, 7) is 2.73. The molecule has 0 atom stereocenters. The third kappa shape index (κ3) is 4.94. The number of carbonyl (C=O) groups excluding carboxylic acids is 1. The number of benzene rings is 1. The zero-order chi connectivity index (χ0) is 11.8. The lowest BCUT2D eigenvalue weighted by atomic mass is 10.2. The smallest absolute Gasteiger partial charge is 0.224 e. The van der Waals surface area contributed by atoms with Crippen LogP contribution in [0, 0.1) is 6.92 Å². The first-order valence-corrected chi connectivity index (χ1v) is 5.79. The maximum absolute atomic E-state index is 11.5. The van der Waals surface area contributed by atoms with Crippen LogP contribution in [0.5, 0.6) is 0 Å². The molecule has 0 radical (unpaired) electrons. The van der Waals surface area contributed by atoms with E-state index in [0.29, 0.717) is 13.0 Å². The minimum absolute atomic E-state index is 0.0841. The molecular formula is C13H20N2O. The van der Waals surface area contributed by atoms with Crippen LogP contribution in [-0.2, 0) is 4.79 Å². The van der Waals surface area contributed by atoms with Gasteiger partial charge in [-0.15, -0.1) is 0 Å². The fraction of sp³-hybridized carbons (Fsp3) is 0.462. The topological polar surface area (TPSA) is 55.1 Å². The van der Waals surface area contributed by atoms with Gasteiger partial charge in [0, 0.05) is 12.1 Å². The molecule has 88 valence electrons. The van der Waals surface area contributed by atoms with Crippen LogP contribution < -0.4 is 11.1 Å². The number of hydrogen-bond donors (Lipinski definition) is 2. The summed E-state index contributed by atoms with van der Waals surface area (Å²) in [7, 11) is 0. The van der Waals surface area contributed by atoms with Gasteiger partial charge in [-0.25, -0.2) is 0 Å². The summed E-state index contributed by atoms with van der Waals surface area (Å²) in [6.07, 6.45) is 3.51. The number of nitrogens with two attached hydrogens (primary N) is 1. The first-order valence-electron chi connectivity index (χ1n) is 5.79. The molecule has 0 aromatic heterocycles. The minimum Gasteiger partial charge on any atom is -0.330 e. The van der Waals surface area contributed by atoms with E-state index in [0.717, 1.165) is 24.9 Å². The summed E-state index contributed by atoms with van der Waals surface area (Å²) in [5.74, 6) is 0.0841. The van der Waals surface area contributed by atoms with Crippen molar-refractivity contribution >= 4 is 11.6 Å². The second kappa shape index (κ2) is 7.01. The first-order chi connectivity index (χ1) is 7.72.